The van der Waals surface area contributed by atoms with Crippen LogP contribution in [0.4, 0.5) is 0 Å². The van der Waals surface area contributed by atoms with Crippen molar-refractivity contribution in [3.63, 3.8) is 0 Å². The Bertz CT molecular complexity index is 986. The van der Waals surface area contributed by atoms with E-state index in [4.69, 9.17) is 44.3 Å². The lowest BCUT2D eigenvalue weighted by Gasteiger charge is -2.14. The van der Waals surface area contributed by atoms with Crippen molar-refractivity contribution in [2.75, 3.05) is 14.2 Å². The Morgan fingerprint density at radius 1 is 1.04 bits per heavy atom. The van der Waals surface area contributed by atoms with Crippen LogP contribution in [-0.4, -0.2) is 29.6 Å². The van der Waals surface area contributed by atoms with Crippen molar-refractivity contribution >= 4 is 40.6 Å². The number of ketones is 1. The number of hydrogen-bond acceptors (Lipinski definition) is 4. The van der Waals surface area contributed by atoms with E-state index in [1.165, 1.54) is 25.1 Å². The molecule has 8 heteroatoms. The first-order valence-electron chi connectivity index (χ1n) is 7.42. The topological polar surface area (TPSA) is 53.4 Å². The molecule has 0 amide bonds. The highest BCUT2D eigenvalue weighted by Gasteiger charge is 2.22. The molecule has 0 radical (unpaired) electrons. The van der Waals surface area contributed by atoms with Gasteiger partial charge in [0.1, 0.15) is 6.33 Å². The molecule has 1 aromatic heterocycles. The van der Waals surface area contributed by atoms with Crippen LogP contribution in [0.25, 0.3) is 5.69 Å². The number of carbonyl (C=O) groups is 1. The predicted molar refractivity (Wildman–Crippen MR) is 102 cm³/mol. The largest absolute Gasteiger partial charge is 0.493 e. The molecule has 0 bridgehead atoms. The molecule has 0 aliphatic heterocycles. The highest BCUT2D eigenvalue weighted by atomic mass is 35.5. The fraction of sp³-hybridized carbons (Fsp3) is 0.111. The number of ether oxygens (including phenoxy) is 2. The Morgan fingerprint density at radius 2 is 1.81 bits per heavy atom. The zero-order valence-electron chi connectivity index (χ0n) is 13.8. The second-order valence-corrected chi connectivity index (χ2v) is 6.38. The predicted octanol–water partition coefficient (Wildman–Crippen LogP) is 5.08. The van der Waals surface area contributed by atoms with Crippen molar-refractivity contribution in [1.29, 1.82) is 0 Å². The van der Waals surface area contributed by atoms with Crippen LogP contribution >= 0.6 is 34.8 Å². The Kier molecular flexibility index (Phi) is 5.41. The van der Waals surface area contributed by atoms with Crippen LogP contribution in [0.1, 0.15) is 15.9 Å². The van der Waals surface area contributed by atoms with E-state index in [2.05, 4.69) is 4.98 Å². The second kappa shape index (κ2) is 7.58. The molecule has 5 nitrogen and oxygen atoms in total. The van der Waals surface area contributed by atoms with Crippen LogP contribution in [0.2, 0.25) is 15.3 Å². The van der Waals surface area contributed by atoms with Crippen LogP contribution in [-0.2, 0) is 0 Å². The van der Waals surface area contributed by atoms with E-state index >= 15 is 0 Å². The minimum absolute atomic E-state index is 0.138. The average Bonchev–Trinajstić information content (AvgIpc) is 2.99. The second-order valence-electron chi connectivity index (χ2n) is 5.23. The lowest BCUT2D eigenvalue weighted by Crippen LogP contribution is -2.09. The van der Waals surface area contributed by atoms with Crippen LogP contribution in [0.5, 0.6) is 11.5 Å². The zero-order valence-corrected chi connectivity index (χ0v) is 16.1. The minimum atomic E-state index is -0.306. The maximum Gasteiger partial charge on any atom is 0.199 e. The molecule has 0 aliphatic carbocycles. The van der Waals surface area contributed by atoms with Gasteiger partial charge in [-0.2, -0.15) is 0 Å². The first-order valence-corrected chi connectivity index (χ1v) is 8.55. The third kappa shape index (κ3) is 3.26. The highest BCUT2D eigenvalue weighted by Crippen LogP contribution is 2.34. The molecule has 3 aromatic rings. The van der Waals surface area contributed by atoms with Gasteiger partial charge in [0, 0.05) is 10.6 Å². The van der Waals surface area contributed by atoms with E-state index in [9.17, 15) is 4.79 Å². The van der Waals surface area contributed by atoms with E-state index < -0.39 is 0 Å². The molecule has 0 N–H and O–H groups in total. The summed E-state index contributed by atoms with van der Waals surface area (Å²) >= 11 is 18.2. The summed E-state index contributed by atoms with van der Waals surface area (Å²) in [7, 11) is 2.98. The van der Waals surface area contributed by atoms with Gasteiger partial charge in [0.2, 0.25) is 0 Å². The maximum absolute atomic E-state index is 13.3. The summed E-state index contributed by atoms with van der Waals surface area (Å²) in [6.45, 7) is 0. The number of para-hydroxylation sites is 1. The molecule has 0 aliphatic rings. The van der Waals surface area contributed by atoms with Gasteiger partial charge in [-0.05, 0) is 30.3 Å². The van der Waals surface area contributed by atoms with E-state index in [-0.39, 0.29) is 16.1 Å². The Labute approximate surface area is 165 Å². The lowest BCUT2D eigenvalue weighted by molar-refractivity contribution is 0.103. The number of benzene rings is 2. The molecule has 0 spiro atoms. The van der Waals surface area contributed by atoms with Gasteiger partial charge >= 0.3 is 0 Å². The molecule has 0 fully saturated rings. The summed E-state index contributed by atoms with van der Waals surface area (Å²) in [4.78, 5) is 17.2. The molecular formula is C18H13Cl3N2O3. The molecule has 134 valence electrons. The normalized spacial score (nSPS) is 10.7. The van der Waals surface area contributed by atoms with E-state index in [0.717, 1.165) is 0 Å². The molecule has 0 unspecified atom stereocenters. The van der Waals surface area contributed by atoms with Gasteiger partial charge in [-0.15, -0.1) is 0 Å². The van der Waals surface area contributed by atoms with Crippen molar-refractivity contribution in [2.45, 2.75) is 0 Å². The van der Waals surface area contributed by atoms with Gasteiger partial charge in [-0.1, -0.05) is 40.9 Å². The molecular weight excluding hydrogens is 399 g/mol. The van der Waals surface area contributed by atoms with Gasteiger partial charge in [0.25, 0.3) is 0 Å². The SMILES string of the molecule is COc1cccc(C(=O)c2cc(Cl)ccc2-n2cnc(Cl)c2Cl)c1OC. The number of rotatable bonds is 5. The molecule has 0 atom stereocenters. The van der Waals surface area contributed by atoms with Crippen LogP contribution < -0.4 is 9.47 Å². The summed E-state index contributed by atoms with van der Waals surface area (Å²) in [6.07, 6.45) is 1.44. The summed E-state index contributed by atoms with van der Waals surface area (Å²) in [6, 6.07) is 9.95. The van der Waals surface area contributed by atoms with Gasteiger partial charge in [0.05, 0.1) is 25.5 Å². The lowest BCUT2D eigenvalue weighted by atomic mass is 10.00. The Hall–Kier alpha value is -2.21. The average molecular weight is 412 g/mol. The minimum Gasteiger partial charge on any atom is -0.493 e. The van der Waals surface area contributed by atoms with E-state index in [1.807, 2.05) is 0 Å². The molecule has 0 saturated heterocycles. The van der Waals surface area contributed by atoms with Crippen molar-refractivity contribution in [3.05, 3.63) is 69.2 Å². The number of imidazole rings is 1. The van der Waals surface area contributed by atoms with Gasteiger partial charge in [-0.25, -0.2) is 4.98 Å². The maximum atomic E-state index is 13.3. The van der Waals surface area contributed by atoms with Crippen molar-refractivity contribution in [3.8, 4) is 17.2 Å². The third-order valence-electron chi connectivity index (χ3n) is 3.78. The van der Waals surface area contributed by atoms with Crippen LogP contribution in [0.15, 0.2) is 42.7 Å². The third-order valence-corrected chi connectivity index (χ3v) is 4.75. The number of aromatic nitrogens is 2. The number of hydrogen-bond donors (Lipinski definition) is 0. The Morgan fingerprint density at radius 3 is 2.42 bits per heavy atom. The van der Waals surface area contributed by atoms with Crippen LogP contribution in [0, 0.1) is 0 Å². The van der Waals surface area contributed by atoms with Gasteiger partial charge in [0.15, 0.2) is 27.6 Å². The van der Waals surface area contributed by atoms with Crippen molar-refractivity contribution < 1.29 is 14.3 Å². The standard InChI is InChI=1S/C18H13Cl3N2O3/c1-25-14-5-3-4-11(16(14)26-2)15(24)12-8-10(19)6-7-13(12)23-9-22-17(20)18(23)21/h3-9H,1-2H3. The molecule has 26 heavy (non-hydrogen) atoms. The molecule has 2 aromatic carbocycles. The monoisotopic (exact) mass is 410 g/mol. The summed E-state index contributed by atoms with van der Waals surface area (Å²) in [5.74, 6) is 0.477. The smallest absolute Gasteiger partial charge is 0.199 e. The summed E-state index contributed by atoms with van der Waals surface area (Å²) in [5, 5.41) is 0.737. The molecule has 1 heterocycles. The summed E-state index contributed by atoms with van der Waals surface area (Å²) in [5.41, 5.74) is 1.14. The van der Waals surface area contributed by atoms with Crippen LogP contribution in [0.3, 0.4) is 0 Å². The molecule has 0 saturated carbocycles. The summed E-state index contributed by atoms with van der Waals surface area (Å²) < 4.78 is 12.1. The first-order chi connectivity index (χ1) is 12.5. The van der Waals surface area contributed by atoms with Crippen molar-refractivity contribution in [1.82, 2.24) is 9.55 Å². The van der Waals surface area contributed by atoms with Crippen molar-refractivity contribution in [2.24, 2.45) is 0 Å². The first kappa shape index (κ1) is 18.6. The van der Waals surface area contributed by atoms with Gasteiger partial charge in [-0.3, -0.25) is 9.36 Å². The zero-order chi connectivity index (χ0) is 18.8. The fourth-order valence-corrected chi connectivity index (χ4v) is 3.08. The number of methoxy groups -OCH3 is 2. The number of carbonyl (C=O) groups excluding carboxylic acids is 1. The number of halogens is 3. The quantitative estimate of drug-likeness (QED) is 0.549. The highest BCUT2D eigenvalue weighted by molar-refractivity contribution is 6.40. The fourth-order valence-electron chi connectivity index (χ4n) is 2.59. The molecule has 3 rings (SSSR count). The Balaban J connectivity index is 2.20. The van der Waals surface area contributed by atoms with E-state index in [1.54, 1.807) is 36.4 Å². The van der Waals surface area contributed by atoms with Gasteiger partial charge < -0.3 is 9.47 Å². The van der Waals surface area contributed by atoms with E-state index in [0.29, 0.717) is 33.3 Å². The number of nitrogens with zero attached hydrogens (tertiary/aromatic N) is 2.